The van der Waals surface area contributed by atoms with E-state index < -0.39 is 5.82 Å². The lowest BCUT2D eigenvalue weighted by Gasteiger charge is -2.10. The largest absolute Gasteiger partial charge is 0.362 e. The fraction of sp³-hybridized carbons (Fsp3) is 0.0769. The molecule has 0 saturated heterocycles. The van der Waals surface area contributed by atoms with E-state index >= 15 is 4.39 Å². The number of hydrogen-bond acceptors (Lipinski definition) is 5. The number of rotatable bonds is 5. The van der Waals surface area contributed by atoms with E-state index in [4.69, 9.17) is 0 Å². The molecule has 5 nitrogen and oxygen atoms in total. The summed E-state index contributed by atoms with van der Waals surface area (Å²) in [5.74, 6) is -0.328. The lowest BCUT2D eigenvalue weighted by atomic mass is 10.0. The molecule has 0 aliphatic carbocycles. The zero-order chi connectivity index (χ0) is 21.9. The molecule has 2 aromatic carbocycles. The monoisotopic (exact) mass is 421 g/mol. The predicted molar refractivity (Wildman–Crippen MR) is 124 cm³/mol. The SMILES string of the molecule is Cc1cc(-c2ccc(CNc3ncnc(-c4ccc5ccccc5c4)c3F)nc2)ccn1. The van der Waals surface area contributed by atoms with E-state index in [-0.39, 0.29) is 11.5 Å². The number of benzene rings is 2. The van der Waals surface area contributed by atoms with Crippen molar-refractivity contribution in [3.05, 3.63) is 103 Å². The van der Waals surface area contributed by atoms with Gasteiger partial charge in [-0.05, 0) is 47.5 Å². The maximum absolute atomic E-state index is 15.2. The molecular formula is C26H20FN5. The van der Waals surface area contributed by atoms with Crippen molar-refractivity contribution < 1.29 is 4.39 Å². The van der Waals surface area contributed by atoms with Gasteiger partial charge in [-0.3, -0.25) is 9.97 Å². The van der Waals surface area contributed by atoms with Crippen LogP contribution in [0.3, 0.4) is 0 Å². The minimum absolute atomic E-state index is 0.152. The Labute approximate surface area is 185 Å². The van der Waals surface area contributed by atoms with E-state index in [1.165, 1.54) is 6.33 Å². The van der Waals surface area contributed by atoms with Gasteiger partial charge in [0.1, 0.15) is 12.0 Å². The highest BCUT2D eigenvalue weighted by Crippen LogP contribution is 2.27. The highest BCUT2D eigenvalue weighted by Gasteiger charge is 2.13. The molecule has 0 amide bonds. The van der Waals surface area contributed by atoms with Gasteiger partial charge in [-0.1, -0.05) is 42.5 Å². The maximum Gasteiger partial charge on any atom is 0.191 e. The second kappa shape index (κ2) is 8.51. The molecule has 6 heteroatoms. The highest BCUT2D eigenvalue weighted by molar-refractivity contribution is 5.87. The van der Waals surface area contributed by atoms with E-state index in [1.54, 1.807) is 6.20 Å². The molecule has 5 aromatic rings. The van der Waals surface area contributed by atoms with Crippen molar-refractivity contribution in [2.45, 2.75) is 13.5 Å². The van der Waals surface area contributed by atoms with Gasteiger partial charge in [0.2, 0.25) is 0 Å². The Morgan fingerprint density at radius 3 is 2.44 bits per heavy atom. The molecule has 156 valence electrons. The standard InChI is InChI=1S/C26H20FN5/c1-17-12-20(10-11-28-17)22-8-9-23(29-14-22)15-30-26-24(27)25(31-16-32-26)21-7-6-18-4-2-3-5-19(18)13-21/h2-14,16H,15H2,1H3,(H,30,31,32). The van der Waals surface area contributed by atoms with Crippen LogP contribution in [0.5, 0.6) is 0 Å². The van der Waals surface area contributed by atoms with Crippen molar-refractivity contribution in [2.24, 2.45) is 0 Å². The minimum Gasteiger partial charge on any atom is -0.362 e. The Bertz CT molecular complexity index is 1400. The van der Waals surface area contributed by atoms with Gasteiger partial charge >= 0.3 is 0 Å². The zero-order valence-corrected chi connectivity index (χ0v) is 17.5. The van der Waals surface area contributed by atoms with Crippen LogP contribution in [-0.2, 0) is 6.54 Å². The number of halogens is 1. The van der Waals surface area contributed by atoms with Crippen LogP contribution in [-0.4, -0.2) is 19.9 Å². The van der Waals surface area contributed by atoms with Crippen LogP contribution < -0.4 is 5.32 Å². The van der Waals surface area contributed by atoms with E-state index in [0.29, 0.717) is 12.1 Å². The number of pyridine rings is 2. The Morgan fingerprint density at radius 1 is 0.781 bits per heavy atom. The Kier molecular flexibility index (Phi) is 5.25. The molecule has 1 N–H and O–H groups in total. The maximum atomic E-state index is 15.2. The Balaban J connectivity index is 1.35. The van der Waals surface area contributed by atoms with Crippen LogP contribution in [0.2, 0.25) is 0 Å². The summed E-state index contributed by atoms with van der Waals surface area (Å²) < 4.78 is 15.2. The molecule has 0 saturated carbocycles. The molecule has 5 rings (SSSR count). The lowest BCUT2D eigenvalue weighted by molar-refractivity contribution is 0.621. The molecular weight excluding hydrogens is 401 g/mol. The molecule has 0 atom stereocenters. The number of hydrogen-bond donors (Lipinski definition) is 1. The number of nitrogens with zero attached hydrogens (tertiary/aromatic N) is 4. The summed E-state index contributed by atoms with van der Waals surface area (Å²) in [5.41, 5.74) is 4.78. The molecule has 32 heavy (non-hydrogen) atoms. The molecule has 0 spiro atoms. The number of nitrogens with one attached hydrogen (secondary N) is 1. The van der Waals surface area contributed by atoms with Gasteiger partial charge in [0.05, 0.1) is 12.2 Å². The molecule has 3 heterocycles. The van der Waals surface area contributed by atoms with Crippen molar-refractivity contribution in [2.75, 3.05) is 5.32 Å². The summed E-state index contributed by atoms with van der Waals surface area (Å²) in [6.45, 7) is 2.30. The average Bonchev–Trinajstić information content (AvgIpc) is 2.83. The predicted octanol–water partition coefficient (Wildman–Crippen LogP) is 5.81. The summed E-state index contributed by atoms with van der Waals surface area (Å²) in [7, 11) is 0. The van der Waals surface area contributed by atoms with Gasteiger partial charge in [-0.25, -0.2) is 14.4 Å². The molecule has 0 fully saturated rings. The van der Waals surface area contributed by atoms with Gasteiger partial charge in [0.25, 0.3) is 0 Å². The minimum atomic E-state index is -0.480. The van der Waals surface area contributed by atoms with E-state index in [9.17, 15) is 0 Å². The Hall–Kier alpha value is -4.19. The second-order valence-electron chi connectivity index (χ2n) is 7.52. The number of anilines is 1. The fourth-order valence-electron chi connectivity index (χ4n) is 3.63. The van der Waals surface area contributed by atoms with E-state index in [1.807, 2.05) is 79.9 Å². The van der Waals surface area contributed by atoms with Crippen molar-refractivity contribution in [3.63, 3.8) is 0 Å². The molecule has 0 unspecified atom stereocenters. The summed E-state index contributed by atoms with van der Waals surface area (Å²) in [4.78, 5) is 17.0. The molecule has 0 aliphatic heterocycles. The molecule has 0 aliphatic rings. The van der Waals surface area contributed by atoms with Gasteiger partial charge in [-0.15, -0.1) is 0 Å². The molecule has 0 bridgehead atoms. The van der Waals surface area contributed by atoms with Crippen LogP contribution in [0.15, 0.2) is 85.5 Å². The molecule has 3 aromatic heterocycles. The third kappa shape index (κ3) is 4.03. The summed E-state index contributed by atoms with van der Waals surface area (Å²) >= 11 is 0. The van der Waals surface area contributed by atoms with Crippen LogP contribution in [0.4, 0.5) is 10.2 Å². The number of aromatic nitrogens is 4. The van der Waals surface area contributed by atoms with E-state index in [2.05, 4.69) is 25.3 Å². The normalized spacial score (nSPS) is 10.9. The summed E-state index contributed by atoms with van der Waals surface area (Å²) in [6.07, 6.45) is 4.96. The van der Waals surface area contributed by atoms with Gasteiger partial charge in [0.15, 0.2) is 11.6 Å². The first kappa shape index (κ1) is 19.8. The van der Waals surface area contributed by atoms with Crippen molar-refractivity contribution in [3.8, 4) is 22.4 Å². The van der Waals surface area contributed by atoms with Crippen molar-refractivity contribution in [1.82, 2.24) is 19.9 Å². The third-order valence-corrected chi connectivity index (χ3v) is 5.30. The first-order valence-electron chi connectivity index (χ1n) is 10.3. The van der Waals surface area contributed by atoms with Crippen molar-refractivity contribution in [1.29, 1.82) is 0 Å². The van der Waals surface area contributed by atoms with E-state index in [0.717, 1.165) is 33.3 Å². The topological polar surface area (TPSA) is 63.6 Å². The van der Waals surface area contributed by atoms with Crippen LogP contribution in [0.25, 0.3) is 33.2 Å². The lowest BCUT2D eigenvalue weighted by Crippen LogP contribution is -2.07. The van der Waals surface area contributed by atoms with Gasteiger partial charge < -0.3 is 5.32 Å². The second-order valence-corrected chi connectivity index (χ2v) is 7.52. The first-order valence-corrected chi connectivity index (χ1v) is 10.3. The smallest absolute Gasteiger partial charge is 0.191 e. The van der Waals surface area contributed by atoms with Crippen LogP contribution >= 0.6 is 0 Å². The highest BCUT2D eigenvalue weighted by atomic mass is 19.1. The van der Waals surface area contributed by atoms with Gasteiger partial charge in [0, 0.05) is 29.2 Å². The summed E-state index contributed by atoms with van der Waals surface area (Å²) in [5, 5.41) is 5.18. The number of aryl methyl sites for hydroxylation is 1. The quantitative estimate of drug-likeness (QED) is 0.388. The van der Waals surface area contributed by atoms with Crippen molar-refractivity contribution >= 4 is 16.6 Å². The first-order chi connectivity index (χ1) is 15.7. The number of fused-ring (bicyclic) bond motifs is 1. The third-order valence-electron chi connectivity index (χ3n) is 5.30. The van der Waals surface area contributed by atoms with Gasteiger partial charge in [-0.2, -0.15) is 0 Å². The zero-order valence-electron chi connectivity index (χ0n) is 17.5. The van der Waals surface area contributed by atoms with Crippen LogP contribution in [0.1, 0.15) is 11.4 Å². The van der Waals surface area contributed by atoms with Crippen LogP contribution in [0, 0.1) is 12.7 Å². The average molecular weight is 421 g/mol. The fourth-order valence-corrected chi connectivity index (χ4v) is 3.63. The summed E-state index contributed by atoms with van der Waals surface area (Å²) in [6, 6.07) is 21.6. The Morgan fingerprint density at radius 2 is 1.62 bits per heavy atom. The molecule has 0 radical (unpaired) electrons.